The predicted molar refractivity (Wildman–Crippen MR) is 72.8 cm³/mol. The Hall–Kier alpha value is -2.04. The second-order valence-corrected chi connectivity index (χ2v) is 4.81. The first-order valence-corrected chi connectivity index (χ1v) is 6.26. The van der Waals surface area contributed by atoms with Crippen LogP contribution in [0, 0.1) is 5.92 Å². The van der Waals surface area contributed by atoms with Crippen LogP contribution in [0.3, 0.4) is 0 Å². The van der Waals surface area contributed by atoms with Crippen molar-refractivity contribution in [1.29, 1.82) is 0 Å². The fraction of sp³-hybridized carbons (Fsp3) is 0.429. The van der Waals surface area contributed by atoms with E-state index in [0.29, 0.717) is 0 Å². The minimum atomic E-state index is -1.03. The fourth-order valence-electron chi connectivity index (χ4n) is 1.72. The normalized spacial score (nSPS) is 13.7. The van der Waals surface area contributed by atoms with E-state index in [2.05, 4.69) is 10.6 Å². The Balaban J connectivity index is 2.58. The molecule has 0 radical (unpaired) electrons. The van der Waals surface area contributed by atoms with Gasteiger partial charge in [-0.3, -0.25) is 0 Å². The number of amides is 2. The molecule has 1 rings (SSSR count). The Bertz CT molecular complexity index is 432. The van der Waals surface area contributed by atoms with E-state index in [9.17, 15) is 9.59 Å². The molecule has 5 nitrogen and oxygen atoms in total. The van der Waals surface area contributed by atoms with Gasteiger partial charge in [-0.25, -0.2) is 9.59 Å². The Labute approximate surface area is 113 Å². The lowest BCUT2D eigenvalue weighted by Crippen LogP contribution is -2.49. The van der Waals surface area contributed by atoms with E-state index in [0.717, 1.165) is 5.56 Å². The molecule has 5 heteroatoms. The van der Waals surface area contributed by atoms with Gasteiger partial charge in [0.05, 0.1) is 6.04 Å². The molecule has 0 aliphatic rings. The molecular formula is C14H20N2O3. The van der Waals surface area contributed by atoms with Gasteiger partial charge in [-0.05, 0) is 18.4 Å². The fourth-order valence-corrected chi connectivity index (χ4v) is 1.72. The lowest BCUT2D eigenvalue weighted by molar-refractivity contribution is -0.140. The third-order valence-corrected chi connectivity index (χ3v) is 2.87. The molecule has 0 bridgehead atoms. The van der Waals surface area contributed by atoms with Gasteiger partial charge in [0.25, 0.3) is 0 Å². The predicted octanol–water partition coefficient (Wildman–Crippen LogP) is 2.16. The summed E-state index contributed by atoms with van der Waals surface area (Å²) in [6.07, 6.45) is 0. The van der Waals surface area contributed by atoms with E-state index >= 15 is 0 Å². The van der Waals surface area contributed by atoms with E-state index in [4.69, 9.17) is 5.11 Å². The molecule has 0 saturated heterocycles. The van der Waals surface area contributed by atoms with Crippen LogP contribution in [0.25, 0.3) is 0 Å². The van der Waals surface area contributed by atoms with Gasteiger partial charge in [-0.15, -0.1) is 0 Å². The minimum absolute atomic E-state index is 0.171. The summed E-state index contributed by atoms with van der Waals surface area (Å²) in [5, 5.41) is 14.2. The topological polar surface area (TPSA) is 78.4 Å². The largest absolute Gasteiger partial charge is 0.480 e. The molecule has 2 atom stereocenters. The molecule has 104 valence electrons. The quantitative estimate of drug-likeness (QED) is 0.762. The third-order valence-electron chi connectivity index (χ3n) is 2.87. The average molecular weight is 264 g/mol. The smallest absolute Gasteiger partial charge is 0.326 e. The summed E-state index contributed by atoms with van der Waals surface area (Å²) >= 11 is 0. The maximum absolute atomic E-state index is 11.8. The number of carbonyl (C=O) groups excluding carboxylic acids is 1. The highest BCUT2D eigenvalue weighted by molar-refractivity contribution is 5.82. The molecule has 0 saturated carbocycles. The zero-order valence-corrected chi connectivity index (χ0v) is 11.4. The first-order valence-electron chi connectivity index (χ1n) is 6.26. The highest BCUT2D eigenvalue weighted by Gasteiger charge is 2.23. The van der Waals surface area contributed by atoms with E-state index < -0.39 is 18.0 Å². The van der Waals surface area contributed by atoms with Gasteiger partial charge < -0.3 is 15.7 Å². The Morgan fingerprint density at radius 2 is 1.63 bits per heavy atom. The van der Waals surface area contributed by atoms with Gasteiger partial charge in [0, 0.05) is 0 Å². The van der Waals surface area contributed by atoms with Gasteiger partial charge >= 0.3 is 12.0 Å². The zero-order valence-electron chi connectivity index (χ0n) is 11.4. The van der Waals surface area contributed by atoms with E-state index in [1.54, 1.807) is 13.8 Å². The molecule has 0 heterocycles. The second-order valence-electron chi connectivity index (χ2n) is 4.81. The van der Waals surface area contributed by atoms with Crippen LogP contribution in [0.2, 0.25) is 0 Å². The van der Waals surface area contributed by atoms with Crippen LogP contribution in [0.15, 0.2) is 30.3 Å². The van der Waals surface area contributed by atoms with Crippen molar-refractivity contribution in [2.45, 2.75) is 32.9 Å². The van der Waals surface area contributed by atoms with Crippen molar-refractivity contribution in [1.82, 2.24) is 10.6 Å². The van der Waals surface area contributed by atoms with Crippen molar-refractivity contribution in [2.75, 3.05) is 0 Å². The summed E-state index contributed by atoms with van der Waals surface area (Å²) in [5.74, 6) is -1.20. The number of hydrogen-bond donors (Lipinski definition) is 3. The van der Waals surface area contributed by atoms with Crippen LogP contribution >= 0.6 is 0 Å². The average Bonchev–Trinajstić information content (AvgIpc) is 2.36. The Kier molecular flexibility index (Phi) is 5.36. The first kappa shape index (κ1) is 15.0. The van der Waals surface area contributed by atoms with Crippen LogP contribution in [0.5, 0.6) is 0 Å². The number of rotatable bonds is 5. The number of aliphatic carboxylic acids is 1. The highest BCUT2D eigenvalue weighted by atomic mass is 16.4. The molecule has 0 fully saturated rings. The standard InChI is InChI=1S/C14H20N2O3/c1-9(2)12(13(17)18)16-14(19)15-10(3)11-7-5-4-6-8-11/h4-10,12H,1-3H3,(H,17,18)(H2,15,16,19)/t10?,12-/m1/s1. The van der Waals surface area contributed by atoms with Crippen molar-refractivity contribution >= 4 is 12.0 Å². The van der Waals surface area contributed by atoms with Gasteiger partial charge in [-0.2, -0.15) is 0 Å². The molecule has 0 aromatic heterocycles. The van der Waals surface area contributed by atoms with Crippen LogP contribution in [-0.4, -0.2) is 23.1 Å². The van der Waals surface area contributed by atoms with Crippen molar-refractivity contribution < 1.29 is 14.7 Å². The van der Waals surface area contributed by atoms with E-state index in [1.165, 1.54) is 0 Å². The van der Waals surface area contributed by atoms with Gasteiger partial charge in [0.15, 0.2) is 0 Å². The zero-order chi connectivity index (χ0) is 14.4. The van der Waals surface area contributed by atoms with Crippen LogP contribution in [0.1, 0.15) is 32.4 Å². The molecule has 3 N–H and O–H groups in total. The summed E-state index contributed by atoms with van der Waals surface area (Å²) in [5.41, 5.74) is 0.967. The van der Waals surface area contributed by atoms with E-state index in [-0.39, 0.29) is 12.0 Å². The molecule has 1 aromatic rings. The molecule has 0 spiro atoms. The molecule has 1 unspecified atom stereocenters. The van der Waals surface area contributed by atoms with Crippen molar-refractivity contribution in [3.8, 4) is 0 Å². The highest BCUT2D eigenvalue weighted by Crippen LogP contribution is 2.11. The number of carboxylic acid groups (broad SMARTS) is 1. The van der Waals surface area contributed by atoms with Crippen LogP contribution in [-0.2, 0) is 4.79 Å². The maximum Gasteiger partial charge on any atom is 0.326 e. The molecule has 0 aliphatic heterocycles. The van der Waals surface area contributed by atoms with Crippen LogP contribution < -0.4 is 10.6 Å². The lowest BCUT2D eigenvalue weighted by atomic mass is 10.1. The van der Waals surface area contributed by atoms with Crippen molar-refractivity contribution in [2.24, 2.45) is 5.92 Å². The summed E-state index contributed by atoms with van der Waals surface area (Å²) < 4.78 is 0. The summed E-state index contributed by atoms with van der Waals surface area (Å²) in [6.45, 7) is 5.35. The Morgan fingerprint density at radius 3 is 2.11 bits per heavy atom. The lowest BCUT2D eigenvalue weighted by Gasteiger charge is -2.20. The van der Waals surface area contributed by atoms with Gasteiger partial charge in [-0.1, -0.05) is 44.2 Å². The van der Waals surface area contributed by atoms with Gasteiger partial charge in [0.1, 0.15) is 6.04 Å². The monoisotopic (exact) mass is 264 g/mol. The summed E-state index contributed by atoms with van der Waals surface area (Å²) in [4.78, 5) is 22.8. The summed E-state index contributed by atoms with van der Waals surface area (Å²) in [7, 11) is 0. The summed E-state index contributed by atoms with van der Waals surface area (Å²) in [6, 6.07) is 7.95. The second kappa shape index (κ2) is 6.78. The molecule has 19 heavy (non-hydrogen) atoms. The first-order chi connectivity index (χ1) is 8.91. The van der Waals surface area contributed by atoms with Gasteiger partial charge in [0.2, 0.25) is 0 Å². The minimum Gasteiger partial charge on any atom is -0.480 e. The van der Waals surface area contributed by atoms with Crippen molar-refractivity contribution in [3.63, 3.8) is 0 Å². The number of benzene rings is 1. The molecule has 0 aliphatic carbocycles. The molecule has 1 aromatic carbocycles. The number of carbonyl (C=O) groups is 2. The maximum atomic E-state index is 11.8. The Morgan fingerprint density at radius 1 is 1.05 bits per heavy atom. The third kappa shape index (κ3) is 4.62. The van der Waals surface area contributed by atoms with Crippen LogP contribution in [0.4, 0.5) is 4.79 Å². The molecular weight excluding hydrogens is 244 g/mol. The van der Waals surface area contributed by atoms with E-state index in [1.807, 2.05) is 37.3 Å². The SMILES string of the molecule is CC(NC(=O)N[C@@H](C(=O)O)C(C)C)c1ccccc1. The number of nitrogens with one attached hydrogen (secondary N) is 2. The number of carboxylic acids is 1. The number of urea groups is 1. The van der Waals surface area contributed by atoms with Crippen molar-refractivity contribution in [3.05, 3.63) is 35.9 Å². The molecule has 2 amide bonds. The number of hydrogen-bond acceptors (Lipinski definition) is 2.